The summed E-state index contributed by atoms with van der Waals surface area (Å²) < 4.78 is 5.34. The molecule has 3 heterocycles. The molecule has 0 saturated carbocycles. The first kappa shape index (κ1) is 14.3. The summed E-state index contributed by atoms with van der Waals surface area (Å²) in [6, 6.07) is 6.92. The number of hydrogen-bond acceptors (Lipinski definition) is 6. The summed E-state index contributed by atoms with van der Waals surface area (Å²) in [7, 11) is 0. The van der Waals surface area contributed by atoms with E-state index in [1.54, 1.807) is 24.3 Å². The van der Waals surface area contributed by atoms with E-state index in [2.05, 4.69) is 9.88 Å². The molecule has 0 aliphatic carbocycles. The molecule has 0 bridgehead atoms. The molecule has 0 atom stereocenters. The third kappa shape index (κ3) is 2.51. The predicted octanol–water partition coefficient (Wildman–Crippen LogP) is 1.78. The van der Waals surface area contributed by atoms with Gasteiger partial charge in [-0.1, -0.05) is 12.1 Å². The summed E-state index contributed by atoms with van der Waals surface area (Å²) in [5.41, 5.74) is 1.69. The fraction of sp³-hybridized carbons (Fsp3) is 0.312. The quantitative estimate of drug-likeness (QED) is 0.803. The largest absolute Gasteiger partial charge is 0.378 e. The second kappa shape index (κ2) is 5.75. The van der Waals surface area contributed by atoms with Crippen LogP contribution in [-0.4, -0.2) is 48.0 Å². The minimum Gasteiger partial charge on any atom is -0.378 e. The number of carbonyl (C=O) groups is 2. The van der Waals surface area contributed by atoms with Crippen molar-refractivity contribution in [3.8, 4) is 0 Å². The Labute approximate surface area is 137 Å². The number of carbonyl (C=O) groups excluding carboxylic acids is 2. The number of hydrogen-bond donors (Lipinski definition) is 0. The molecule has 2 aromatic rings. The molecule has 2 aliphatic heterocycles. The zero-order valence-electron chi connectivity index (χ0n) is 12.4. The van der Waals surface area contributed by atoms with Gasteiger partial charge in [-0.3, -0.25) is 14.5 Å². The molecule has 1 saturated heterocycles. The molecule has 7 heteroatoms. The lowest BCUT2D eigenvalue weighted by molar-refractivity contribution is 0.0640. The topological polar surface area (TPSA) is 62.7 Å². The number of aromatic nitrogens is 1. The Morgan fingerprint density at radius 1 is 1.09 bits per heavy atom. The summed E-state index contributed by atoms with van der Waals surface area (Å²) in [6.45, 7) is 3.26. The molecule has 4 rings (SSSR count). The second-order valence-corrected chi connectivity index (χ2v) is 6.30. The standard InChI is InChI=1S/C16H15N3O3S/c20-14-12-3-1-2-4-13(12)15(21)19(14)9-11-10-23-16(17-11)18-5-7-22-8-6-18/h1-4,10H,5-9H2. The van der Waals surface area contributed by atoms with Gasteiger partial charge in [-0.05, 0) is 12.1 Å². The monoisotopic (exact) mass is 329 g/mol. The molecular weight excluding hydrogens is 314 g/mol. The van der Waals surface area contributed by atoms with E-state index >= 15 is 0 Å². The van der Waals surface area contributed by atoms with Gasteiger partial charge < -0.3 is 9.64 Å². The van der Waals surface area contributed by atoms with Gasteiger partial charge in [0.15, 0.2) is 5.13 Å². The number of morpholine rings is 1. The molecule has 23 heavy (non-hydrogen) atoms. The van der Waals surface area contributed by atoms with E-state index in [1.165, 1.54) is 16.2 Å². The lowest BCUT2D eigenvalue weighted by Crippen LogP contribution is -2.36. The van der Waals surface area contributed by atoms with Crippen LogP contribution >= 0.6 is 11.3 Å². The average Bonchev–Trinajstić information content (AvgIpc) is 3.16. The van der Waals surface area contributed by atoms with Gasteiger partial charge in [0.05, 0.1) is 36.6 Å². The number of thiazole rings is 1. The molecule has 1 aromatic carbocycles. The molecule has 0 spiro atoms. The first-order valence-electron chi connectivity index (χ1n) is 7.46. The molecule has 118 valence electrons. The smallest absolute Gasteiger partial charge is 0.261 e. The van der Waals surface area contributed by atoms with Gasteiger partial charge in [-0.25, -0.2) is 4.98 Å². The maximum atomic E-state index is 12.4. The van der Waals surface area contributed by atoms with E-state index in [-0.39, 0.29) is 18.4 Å². The van der Waals surface area contributed by atoms with Gasteiger partial charge in [-0.15, -0.1) is 11.3 Å². The highest BCUT2D eigenvalue weighted by molar-refractivity contribution is 7.13. The van der Waals surface area contributed by atoms with Gasteiger partial charge in [0, 0.05) is 18.5 Å². The van der Waals surface area contributed by atoms with Crippen LogP contribution in [0, 0.1) is 0 Å². The third-order valence-electron chi connectivity index (χ3n) is 4.02. The van der Waals surface area contributed by atoms with Crippen LogP contribution in [0.5, 0.6) is 0 Å². The first-order chi connectivity index (χ1) is 11.2. The fourth-order valence-corrected chi connectivity index (χ4v) is 3.68. The van der Waals surface area contributed by atoms with Crippen molar-refractivity contribution < 1.29 is 14.3 Å². The Morgan fingerprint density at radius 2 is 1.74 bits per heavy atom. The van der Waals surface area contributed by atoms with Crippen LogP contribution in [0.1, 0.15) is 26.4 Å². The number of benzene rings is 1. The van der Waals surface area contributed by atoms with Crippen molar-refractivity contribution in [1.82, 2.24) is 9.88 Å². The van der Waals surface area contributed by atoms with E-state index < -0.39 is 0 Å². The molecule has 6 nitrogen and oxygen atoms in total. The summed E-state index contributed by atoms with van der Waals surface area (Å²) in [5, 5.41) is 2.83. The molecule has 0 radical (unpaired) electrons. The number of imide groups is 1. The summed E-state index contributed by atoms with van der Waals surface area (Å²) in [5.74, 6) is -0.488. The molecule has 2 aliphatic rings. The number of fused-ring (bicyclic) bond motifs is 1. The van der Waals surface area contributed by atoms with Crippen LogP contribution in [0.25, 0.3) is 0 Å². The normalized spacial score (nSPS) is 17.7. The van der Waals surface area contributed by atoms with E-state index in [4.69, 9.17) is 4.74 Å². The van der Waals surface area contributed by atoms with E-state index in [9.17, 15) is 9.59 Å². The summed E-state index contributed by atoms with van der Waals surface area (Å²) in [4.78, 5) is 32.8. The Kier molecular flexibility index (Phi) is 3.59. The second-order valence-electron chi connectivity index (χ2n) is 5.46. The lowest BCUT2D eigenvalue weighted by Gasteiger charge is -2.26. The van der Waals surface area contributed by atoms with Gasteiger partial charge >= 0.3 is 0 Å². The molecule has 0 N–H and O–H groups in total. The maximum absolute atomic E-state index is 12.4. The first-order valence-corrected chi connectivity index (χ1v) is 8.34. The van der Waals surface area contributed by atoms with E-state index in [0.29, 0.717) is 24.3 Å². The SMILES string of the molecule is O=C1c2ccccc2C(=O)N1Cc1csc(N2CCOCC2)n1. The van der Waals surface area contributed by atoms with Gasteiger partial charge in [0.1, 0.15) is 0 Å². The summed E-state index contributed by atoms with van der Waals surface area (Å²) in [6.07, 6.45) is 0. The summed E-state index contributed by atoms with van der Waals surface area (Å²) >= 11 is 1.54. The molecule has 1 aromatic heterocycles. The predicted molar refractivity (Wildman–Crippen MR) is 85.8 cm³/mol. The van der Waals surface area contributed by atoms with Gasteiger partial charge in [-0.2, -0.15) is 0 Å². The Hall–Kier alpha value is -2.25. The Morgan fingerprint density at radius 3 is 2.39 bits per heavy atom. The average molecular weight is 329 g/mol. The van der Waals surface area contributed by atoms with Crippen molar-refractivity contribution in [2.45, 2.75) is 6.54 Å². The van der Waals surface area contributed by atoms with Crippen molar-refractivity contribution in [2.24, 2.45) is 0 Å². The van der Waals surface area contributed by atoms with Crippen molar-refractivity contribution >= 4 is 28.3 Å². The molecule has 2 amide bonds. The van der Waals surface area contributed by atoms with Crippen molar-refractivity contribution in [3.63, 3.8) is 0 Å². The Balaban J connectivity index is 1.52. The number of anilines is 1. The number of amides is 2. The highest BCUT2D eigenvalue weighted by atomic mass is 32.1. The van der Waals surface area contributed by atoms with Crippen molar-refractivity contribution in [2.75, 3.05) is 31.2 Å². The van der Waals surface area contributed by atoms with Crippen LogP contribution in [0.3, 0.4) is 0 Å². The molecule has 1 fully saturated rings. The zero-order valence-corrected chi connectivity index (χ0v) is 13.2. The minimum absolute atomic E-state index is 0.215. The molecule has 0 unspecified atom stereocenters. The third-order valence-corrected chi connectivity index (χ3v) is 4.97. The Bertz CT molecular complexity index is 732. The minimum atomic E-state index is -0.244. The lowest BCUT2D eigenvalue weighted by atomic mass is 10.1. The van der Waals surface area contributed by atoms with Crippen LogP contribution in [0.4, 0.5) is 5.13 Å². The van der Waals surface area contributed by atoms with Crippen LogP contribution in [0.15, 0.2) is 29.6 Å². The number of nitrogens with zero attached hydrogens (tertiary/aromatic N) is 3. The van der Waals surface area contributed by atoms with Crippen LogP contribution in [0.2, 0.25) is 0 Å². The highest BCUT2D eigenvalue weighted by Crippen LogP contribution is 2.26. The van der Waals surface area contributed by atoms with Gasteiger partial charge in [0.25, 0.3) is 11.8 Å². The number of rotatable bonds is 3. The van der Waals surface area contributed by atoms with Crippen molar-refractivity contribution in [1.29, 1.82) is 0 Å². The van der Waals surface area contributed by atoms with E-state index in [0.717, 1.165) is 23.9 Å². The maximum Gasteiger partial charge on any atom is 0.261 e. The molecular formula is C16H15N3O3S. The van der Waals surface area contributed by atoms with Gasteiger partial charge in [0.2, 0.25) is 0 Å². The highest BCUT2D eigenvalue weighted by Gasteiger charge is 2.35. The number of ether oxygens (including phenoxy) is 1. The van der Waals surface area contributed by atoms with E-state index in [1.807, 2.05) is 5.38 Å². The fourth-order valence-electron chi connectivity index (χ4n) is 2.81. The van der Waals surface area contributed by atoms with Crippen molar-refractivity contribution in [3.05, 3.63) is 46.5 Å². The zero-order chi connectivity index (χ0) is 15.8. The van der Waals surface area contributed by atoms with Crippen LogP contribution < -0.4 is 4.90 Å². The van der Waals surface area contributed by atoms with Crippen LogP contribution in [-0.2, 0) is 11.3 Å².